The summed E-state index contributed by atoms with van der Waals surface area (Å²) in [6.45, 7) is 10.7. The molecule has 0 aromatic carbocycles. The van der Waals surface area contributed by atoms with Gasteiger partial charge in [0.15, 0.2) is 0 Å². The number of rotatable bonds is 4. The molecule has 0 bridgehead atoms. The Morgan fingerprint density at radius 2 is 1.93 bits per heavy atom. The van der Waals surface area contributed by atoms with Crippen LogP contribution in [0.2, 0.25) is 0 Å². The van der Waals surface area contributed by atoms with Gasteiger partial charge in [-0.2, -0.15) is 5.26 Å². The fourth-order valence-corrected chi connectivity index (χ4v) is 2.22. The molecule has 0 fully saturated rings. The maximum atomic E-state index is 8.90. The van der Waals surface area contributed by atoms with Crippen LogP contribution in [0.1, 0.15) is 53.9 Å². The lowest BCUT2D eigenvalue weighted by Crippen LogP contribution is -2.12. The minimum atomic E-state index is 0.166. The highest BCUT2D eigenvalue weighted by molar-refractivity contribution is 7.84. The highest BCUT2D eigenvalue weighted by Crippen LogP contribution is 2.34. The van der Waals surface area contributed by atoms with Crippen LogP contribution in [0.5, 0.6) is 0 Å². The fraction of sp³-hybridized carbons (Fsp3) is 0.769. The number of allylic oxidation sites excluding steroid dienone is 2. The van der Waals surface area contributed by atoms with E-state index in [9.17, 15) is 0 Å². The lowest BCUT2D eigenvalue weighted by molar-refractivity contribution is 0.457. The van der Waals surface area contributed by atoms with E-state index in [0.717, 1.165) is 24.2 Å². The number of thiol groups is 1. The van der Waals surface area contributed by atoms with Crippen molar-refractivity contribution in [3.63, 3.8) is 0 Å². The molecule has 0 saturated heterocycles. The lowest BCUT2D eigenvalue weighted by Gasteiger charge is -2.25. The molecular weight excluding hydrogens is 202 g/mol. The van der Waals surface area contributed by atoms with E-state index in [1.54, 1.807) is 0 Å². The zero-order chi connectivity index (χ0) is 12.1. The second kappa shape index (κ2) is 6.23. The first kappa shape index (κ1) is 14.6. The van der Waals surface area contributed by atoms with Gasteiger partial charge in [0.05, 0.1) is 6.07 Å². The Hall–Kier alpha value is -0.420. The third kappa shape index (κ3) is 5.28. The largest absolute Gasteiger partial charge is 0.198 e. The number of nitrogens with zero attached hydrogens (tertiary/aromatic N) is 1. The van der Waals surface area contributed by atoms with Crippen LogP contribution >= 0.6 is 12.6 Å². The molecule has 0 aliphatic heterocycles. The Morgan fingerprint density at radius 3 is 2.20 bits per heavy atom. The molecule has 0 aliphatic carbocycles. The Bertz CT molecular complexity index is 261. The predicted octanol–water partition coefficient (Wildman–Crippen LogP) is 4.57. The summed E-state index contributed by atoms with van der Waals surface area (Å²) in [5.74, 6) is 0.190. The van der Waals surface area contributed by atoms with Gasteiger partial charge in [-0.1, -0.05) is 33.3 Å². The molecular formula is C13H23NS. The quantitative estimate of drug-likeness (QED) is 0.696. The SMILES string of the molecule is CCC(C#N)CC/C(=C(\C)S)C(C)(C)C. The molecule has 0 spiro atoms. The van der Waals surface area contributed by atoms with Crippen molar-refractivity contribution in [1.29, 1.82) is 5.26 Å². The molecule has 15 heavy (non-hydrogen) atoms. The van der Waals surface area contributed by atoms with Crippen molar-refractivity contribution in [3.05, 3.63) is 10.5 Å². The highest BCUT2D eigenvalue weighted by Gasteiger charge is 2.19. The van der Waals surface area contributed by atoms with Crippen molar-refractivity contribution in [2.24, 2.45) is 11.3 Å². The highest BCUT2D eigenvalue weighted by atomic mass is 32.1. The van der Waals surface area contributed by atoms with Crippen LogP contribution in [-0.4, -0.2) is 0 Å². The third-order valence-corrected chi connectivity index (χ3v) is 3.03. The van der Waals surface area contributed by atoms with E-state index in [4.69, 9.17) is 5.26 Å². The minimum absolute atomic E-state index is 0.166. The Labute approximate surface area is 100.0 Å². The first-order valence-corrected chi connectivity index (χ1v) is 6.06. The number of hydrogen-bond donors (Lipinski definition) is 1. The zero-order valence-electron chi connectivity index (χ0n) is 10.6. The van der Waals surface area contributed by atoms with Crippen molar-refractivity contribution in [1.82, 2.24) is 0 Å². The van der Waals surface area contributed by atoms with Crippen LogP contribution in [0.15, 0.2) is 10.5 Å². The average molecular weight is 225 g/mol. The summed E-state index contributed by atoms with van der Waals surface area (Å²) >= 11 is 4.44. The van der Waals surface area contributed by atoms with E-state index in [2.05, 4.69) is 46.4 Å². The molecule has 0 saturated carbocycles. The van der Waals surface area contributed by atoms with E-state index >= 15 is 0 Å². The summed E-state index contributed by atoms with van der Waals surface area (Å²) in [6, 6.07) is 2.35. The molecule has 0 rings (SSSR count). The van der Waals surface area contributed by atoms with Gasteiger partial charge in [-0.25, -0.2) is 0 Å². The van der Waals surface area contributed by atoms with Gasteiger partial charge in [0.2, 0.25) is 0 Å². The molecule has 0 aliphatic rings. The Morgan fingerprint density at radius 1 is 1.40 bits per heavy atom. The van der Waals surface area contributed by atoms with Gasteiger partial charge in [0, 0.05) is 5.92 Å². The van der Waals surface area contributed by atoms with E-state index < -0.39 is 0 Å². The van der Waals surface area contributed by atoms with Gasteiger partial charge in [-0.3, -0.25) is 0 Å². The van der Waals surface area contributed by atoms with Crippen LogP contribution in [0.3, 0.4) is 0 Å². The van der Waals surface area contributed by atoms with Crippen LogP contribution in [0.25, 0.3) is 0 Å². The molecule has 86 valence electrons. The van der Waals surface area contributed by atoms with Gasteiger partial charge < -0.3 is 0 Å². The lowest BCUT2D eigenvalue weighted by atomic mass is 9.82. The van der Waals surface area contributed by atoms with Crippen molar-refractivity contribution in [2.45, 2.75) is 53.9 Å². The van der Waals surface area contributed by atoms with Crippen LogP contribution in [0.4, 0.5) is 0 Å². The monoisotopic (exact) mass is 225 g/mol. The van der Waals surface area contributed by atoms with Gasteiger partial charge in [0.25, 0.3) is 0 Å². The zero-order valence-corrected chi connectivity index (χ0v) is 11.5. The molecule has 1 nitrogen and oxygen atoms in total. The van der Waals surface area contributed by atoms with Gasteiger partial charge in [-0.15, -0.1) is 12.6 Å². The normalized spacial score (nSPS) is 15.5. The molecule has 2 heteroatoms. The van der Waals surface area contributed by atoms with E-state index in [1.165, 1.54) is 5.57 Å². The topological polar surface area (TPSA) is 23.8 Å². The summed E-state index contributed by atoms with van der Waals surface area (Å²) in [6.07, 6.45) is 2.89. The van der Waals surface area contributed by atoms with Crippen molar-refractivity contribution < 1.29 is 0 Å². The molecule has 0 aromatic rings. The maximum Gasteiger partial charge on any atom is 0.0655 e. The molecule has 0 radical (unpaired) electrons. The summed E-state index contributed by atoms with van der Waals surface area (Å²) in [7, 11) is 0. The molecule has 0 amide bonds. The number of hydrogen-bond acceptors (Lipinski definition) is 2. The van der Waals surface area contributed by atoms with Crippen molar-refractivity contribution in [2.75, 3.05) is 0 Å². The third-order valence-electron chi connectivity index (χ3n) is 2.76. The predicted molar refractivity (Wildman–Crippen MR) is 69.8 cm³/mol. The molecule has 0 N–H and O–H groups in total. The second-order valence-electron chi connectivity index (χ2n) is 5.09. The summed E-state index contributed by atoms with van der Waals surface area (Å²) in [5, 5.41) is 8.90. The Balaban J connectivity index is 4.50. The molecule has 1 unspecified atom stereocenters. The van der Waals surface area contributed by atoms with E-state index in [1.807, 2.05) is 6.92 Å². The van der Waals surface area contributed by atoms with Crippen molar-refractivity contribution >= 4 is 12.6 Å². The second-order valence-corrected chi connectivity index (χ2v) is 5.76. The molecule has 0 heterocycles. The first-order valence-electron chi connectivity index (χ1n) is 5.61. The smallest absolute Gasteiger partial charge is 0.0655 e. The standard InChI is InChI=1S/C13H23NS/c1-6-11(9-14)7-8-12(10(2)15)13(3,4)5/h11,15H,6-8H2,1-5H3/b12-10-. The molecule has 0 aromatic heterocycles. The van der Waals surface area contributed by atoms with Crippen molar-refractivity contribution in [3.8, 4) is 6.07 Å². The van der Waals surface area contributed by atoms with Gasteiger partial charge >= 0.3 is 0 Å². The van der Waals surface area contributed by atoms with E-state index in [0.29, 0.717) is 0 Å². The minimum Gasteiger partial charge on any atom is -0.198 e. The van der Waals surface area contributed by atoms with E-state index in [-0.39, 0.29) is 11.3 Å². The average Bonchev–Trinajstić information content (AvgIpc) is 2.09. The maximum absolute atomic E-state index is 8.90. The summed E-state index contributed by atoms with van der Waals surface area (Å²) in [4.78, 5) is 1.11. The molecule has 1 atom stereocenters. The Kier molecular flexibility index (Phi) is 6.05. The summed E-state index contributed by atoms with van der Waals surface area (Å²) in [5.41, 5.74) is 1.54. The first-order chi connectivity index (χ1) is 6.82. The van der Waals surface area contributed by atoms with Crippen LogP contribution < -0.4 is 0 Å². The van der Waals surface area contributed by atoms with Gasteiger partial charge in [0.1, 0.15) is 0 Å². The number of nitriles is 1. The van der Waals surface area contributed by atoms with Gasteiger partial charge in [-0.05, 0) is 36.5 Å². The summed E-state index contributed by atoms with van der Waals surface area (Å²) < 4.78 is 0. The van der Waals surface area contributed by atoms with Crippen LogP contribution in [0, 0.1) is 22.7 Å². The van der Waals surface area contributed by atoms with Crippen LogP contribution in [-0.2, 0) is 0 Å². The fourth-order valence-electron chi connectivity index (χ4n) is 1.78.